The molecule has 27 heavy (non-hydrogen) atoms. The molecule has 0 atom stereocenters. The van der Waals surface area contributed by atoms with Gasteiger partial charge in [0.25, 0.3) is 5.82 Å². The van der Waals surface area contributed by atoms with Crippen LogP contribution in [0.2, 0.25) is 0 Å². The topological polar surface area (TPSA) is 72.2 Å². The molecule has 0 unspecified atom stereocenters. The van der Waals surface area contributed by atoms with Crippen LogP contribution < -0.4 is 5.32 Å². The lowest BCUT2D eigenvalue weighted by atomic mass is 9.49. The second-order valence-corrected chi connectivity index (χ2v) is 9.46. The Bertz CT molecular complexity index is 854. The Morgan fingerprint density at radius 2 is 1.78 bits per heavy atom. The number of halogens is 3. The highest BCUT2D eigenvalue weighted by molar-refractivity contribution is 7.16. The average Bonchev–Trinajstić information content (AvgIpc) is 3.12. The molecule has 0 spiro atoms. The van der Waals surface area contributed by atoms with Gasteiger partial charge in [-0.25, -0.2) is 0 Å². The van der Waals surface area contributed by atoms with Crippen molar-refractivity contribution >= 4 is 22.2 Å². The van der Waals surface area contributed by atoms with Crippen LogP contribution >= 0.6 is 11.3 Å². The molecule has 0 radical (unpaired) electrons. The lowest BCUT2D eigenvalue weighted by Gasteiger charge is -2.55. The monoisotopic (exact) mass is 399 g/mol. The van der Waals surface area contributed by atoms with Gasteiger partial charge in [-0.15, -0.1) is 10.2 Å². The summed E-state index contributed by atoms with van der Waals surface area (Å²) in [6.07, 6.45) is 2.63. The molecule has 4 bridgehead atoms. The van der Waals surface area contributed by atoms with E-state index >= 15 is 0 Å². The number of rotatable bonds is 4. The Hall–Kier alpha value is -1.71. The van der Waals surface area contributed by atoms with Crippen LogP contribution in [0.1, 0.15) is 49.4 Å². The summed E-state index contributed by atoms with van der Waals surface area (Å²) >= 11 is 1.07. The van der Waals surface area contributed by atoms with Gasteiger partial charge in [-0.05, 0) is 56.3 Å². The first-order chi connectivity index (χ1) is 12.8. The zero-order chi connectivity index (χ0) is 18.8. The van der Waals surface area contributed by atoms with E-state index < -0.39 is 12.0 Å². The van der Waals surface area contributed by atoms with Gasteiger partial charge in [-0.1, -0.05) is 11.3 Å². The number of nitrogens with zero attached hydrogens (tertiary/aromatic N) is 4. The quantitative estimate of drug-likeness (QED) is 0.858. The van der Waals surface area contributed by atoms with Crippen molar-refractivity contribution in [3.8, 4) is 0 Å². The summed E-state index contributed by atoms with van der Waals surface area (Å²) in [6, 6.07) is 0. The van der Waals surface area contributed by atoms with E-state index in [1.165, 1.54) is 19.3 Å². The number of amides is 1. The molecule has 6 nitrogen and oxygen atoms in total. The molecule has 2 heterocycles. The Labute approximate surface area is 157 Å². The molecule has 0 aromatic carbocycles. The summed E-state index contributed by atoms with van der Waals surface area (Å²) in [5.74, 6) is 1.10. The molecule has 0 aliphatic heterocycles. The van der Waals surface area contributed by atoms with Gasteiger partial charge >= 0.3 is 6.18 Å². The largest absolute Gasteiger partial charge is 0.453 e. The van der Waals surface area contributed by atoms with Crippen molar-refractivity contribution in [2.45, 2.75) is 51.1 Å². The zero-order valence-electron chi connectivity index (χ0n) is 14.6. The minimum Gasteiger partial charge on any atom is -0.355 e. The van der Waals surface area contributed by atoms with E-state index in [1.54, 1.807) is 0 Å². The van der Waals surface area contributed by atoms with Gasteiger partial charge in [0.15, 0.2) is 0 Å². The minimum absolute atomic E-state index is 0.115. The van der Waals surface area contributed by atoms with Crippen LogP contribution in [-0.4, -0.2) is 32.3 Å². The van der Waals surface area contributed by atoms with Gasteiger partial charge in [0.1, 0.15) is 5.01 Å². The van der Waals surface area contributed by atoms with Gasteiger partial charge < -0.3 is 5.32 Å². The fourth-order valence-corrected chi connectivity index (χ4v) is 6.63. The molecule has 2 aromatic rings. The molecule has 6 rings (SSSR count). The number of hydrogen-bond donors (Lipinski definition) is 1. The number of fused-ring (bicyclic) bond motifs is 1. The van der Waals surface area contributed by atoms with Gasteiger partial charge in [-0.2, -0.15) is 22.8 Å². The smallest absolute Gasteiger partial charge is 0.355 e. The van der Waals surface area contributed by atoms with E-state index in [0.29, 0.717) is 35.7 Å². The second-order valence-electron chi connectivity index (χ2n) is 8.42. The van der Waals surface area contributed by atoms with Crippen molar-refractivity contribution < 1.29 is 18.0 Å². The SMILES string of the molecule is O=C(NCCc1nn2c(C(F)(F)F)nnc2s1)C12CC3CC(CC(C3)C1)C2. The molecule has 4 fully saturated rings. The third-order valence-electron chi connectivity index (χ3n) is 6.43. The Morgan fingerprint density at radius 3 is 2.37 bits per heavy atom. The lowest BCUT2D eigenvalue weighted by molar-refractivity contribution is -0.146. The van der Waals surface area contributed by atoms with E-state index in [1.807, 2.05) is 0 Å². The summed E-state index contributed by atoms with van der Waals surface area (Å²) in [4.78, 5) is 13.0. The van der Waals surface area contributed by atoms with Crippen LogP contribution in [-0.2, 0) is 17.4 Å². The predicted molar refractivity (Wildman–Crippen MR) is 91.0 cm³/mol. The zero-order valence-corrected chi connectivity index (χ0v) is 15.4. The van der Waals surface area contributed by atoms with Crippen molar-refractivity contribution in [1.29, 1.82) is 0 Å². The number of carbonyl (C=O) groups is 1. The third-order valence-corrected chi connectivity index (χ3v) is 7.39. The van der Waals surface area contributed by atoms with E-state index in [9.17, 15) is 18.0 Å². The molecule has 0 saturated heterocycles. The molecule has 2 aromatic heterocycles. The molecule has 1 amide bonds. The van der Waals surface area contributed by atoms with Crippen LogP contribution in [0.4, 0.5) is 13.2 Å². The first-order valence-corrected chi connectivity index (χ1v) is 10.2. The van der Waals surface area contributed by atoms with E-state index in [0.717, 1.165) is 35.1 Å². The predicted octanol–water partition coefficient (Wildman–Crippen LogP) is 3.08. The number of carbonyl (C=O) groups excluding carboxylic acids is 1. The minimum atomic E-state index is -4.59. The van der Waals surface area contributed by atoms with Crippen molar-refractivity contribution in [3.05, 3.63) is 10.8 Å². The van der Waals surface area contributed by atoms with E-state index in [-0.39, 0.29) is 16.3 Å². The summed E-state index contributed by atoms with van der Waals surface area (Å²) in [6.45, 7) is 0.381. The number of nitrogens with one attached hydrogen (secondary N) is 1. The second kappa shape index (κ2) is 5.89. The number of hydrogen-bond acceptors (Lipinski definition) is 5. The Kier molecular flexibility index (Phi) is 3.80. The average molecular weight is 399 g/mol. The van der Waals surface area contributed by atoms with E-state index in [4.69, 9.17) is 0 Å². The van der Waals surface area contributed by atoms with Crippen LogP contribution in [0.5, 0.6) is 0 Å². The van der Waals surface area contributed by atoms with Crippen molar-refractivity contribution in [1.82, 2.24) is 25.1 Å². The van der Waals surface area contributed by atoms with Gasteiger partial charge in [0.2, 0.25) is 10.9 Å². The molecular formula is C17H20F3N5OS. The van der Waals surface area contributed by atoms with Crippen LogP contribution in [0.3, 0.4) is 0 Å². The lowest BCUT2D eigenvalue weighted by Crippen LogP contribution is -2.53. The fraction of sp³-hybridized carbons (Fsp3) is 0.765. The molecule has 4 saturated carbocycles. The third kappa shape index (κ3) is 2.92. The van der Waals surface area contributed by atoms with Crippen molar-refractivity contribution in [3.63, 3.8) is 0 Å². The first-order valence-electron chi connectivity index (χ1n) is 9.39. The summed E-state index contributed by atoms with van der Waals surface area (Å²) in [7, 11) is 0. The molecule has 1 N–H and O–H groups in total. The van der Waals surface area contributed by atoms with Crippen LogP contribution in [0.25, 0.3) is 4.96 Å². The number of alkyl halides is 3. The molecule has 10 heteroatoms. The first kappa shape index (κ1) is 17.4. The molecule has 4 aliphatic rings. The maximum Gasteiger partial charge on any atom is 0.453 e. The summed E-state index contributed by atoms with van der Waals surface area (Å²) < 4.78 is 39.3. The highest BCUT2D eigenvalue weighted by Crippen LogP contribution is 2.60. The standard InChI is InChI=1S/C17H20F3N5OS/c18-17(19,20)13-22-23-15-25(13)24-12(27-15)1-2-21-14(26)16-6-9-3-10(7-16)5-11(4-9)8-16/h9-11H,1-8H2,(H,21,26). The summed E-state index contributed by atoms with van der Waals surface area (Å²) in [5, 5.41) is 14.2. The Morgan fingerprint density at radius 1 is 1.15 bits per heavy atom. The van der Waals surface area contributed by atoms with Crippen molar-refractivity contribution in [2.24, 2.45) is 23.2 Å². The molecule has 4 aliphatic carbocycles. The molecular weight excluding hydrogens is 379 g/mol. The highest BCUT2D eigenvalue weighted by atomic mass is 32.1. The van der Waals surface area contributed by atoms with Gasteiger partial charge in [0.05, 0.1) is 0 Å². The maximum absolute atomic E-state index is 12.9. The Balaban J connectivity index is 1.23. The normalized spacial score (nSPS) is 32.3. The number of aromatic nitrogens is 4. The maximum atomic E-state index is 12.9. The summed E-state index contributed by atoms with van der Waals surface area (Å²) in [5.41, 5.74) is -0.209. The van der Waals surface area contributed by atoms with Crippen LogP contribution in [0.15, 0.2) is 0 Å². The van der Waals surface area contributed by atoms with Crippen molar-refractivity contribution in [2.75, 3.05) is 6.54 Å². The highest BCUT2D eigenvalue weighted by Gasteiger charge is 2.54. The van der Waals surface area contributed by atoms with Gasteiger partial charge in [-0.3, -0.25) is 4.79 Å². The van der Waals surface area contributed by atoms with Gasteiger partial charge in [0, 0.05) is 18.4 Å². The molecule has 146 valence electrons. The fourth-order valence-electron chi connectivity index (χ4n) is 5.79. The van der Waals surface area contributed by atoms with E-state index in [2.05, 4.69) is 20.6 Å². The van der Waals surface area contributed by atoms with Crippen LogP contribution in [0, 0.1) is 23.2 Å².